The molecular formula is C22H28N2O4. The number of carbonyl (C=O) groups excluding carboxylic acids is 1. The Balaban J connectivity index is 1.82. The highest BCUT2D eigenvalue weighted by molar-refractivity contribution is 5.84. The van der Waals surface area contributed by atoms with Crippen LogP contribution in [0.15, 0.2) is 53.6 Å². The van der Waals surface area contributed by atoms with Crippen LogP contribution in [0.5, 0.6) is 11.5 Å². The molecule has 1 amide bonds. The number of para-hydroxylation sites is 2. The highest BCUT2D eigenvalue weighted by Gasteiger charge is 2.09. The molecule has 2 aromatic carbocycles. The minimum Gasteiger partial charge on any atom is -0.493 e. The third kappa shape index (κ3) is 6.61. The van der Waals surface area contributed by atoms with Gasteiger partial charge in [0.1, 0.15) is 11.5 Å². The zero-order valence-corrected chi connectivity index (χ0v) is 16.7. The summed E-state index contributed by atoms with van der Waals surface area (Å²) >= 11 is 0. The second-order valence-corrected chi connectivity index (χ2v) is 6.30. The number of hydrogen-bond acceptors (Lipinski definition) is 5. The molecule has 0 fully saturated rings. The number of hydrazone groups is 1. The van der Waals surface area contributed by atoms with Crippen molar-refractivity contribution in [3.63, 3.8) is 0 Å². The molecule has 0 aromatic heterocycles. The van der Waals surface area contributed by atoms with Crippen LogP contribution in [0.2, 0.25) is 0 Å². The van der Waals surface area contributed by atoms with E-state index in [4.69, 9.17) is 9.47 Å². The third-order valence-electron chi connectivity index (χ3n) is 4.33. The smallest absolute Gasteiger partial charge is 0.427 e. The van der Waals surface area contributed by atoms with Crippen molar-refractivity contribution in [2.45, 2.75) is 32.6 Å². The molecule has 6 heteroatoms. The predicted molar refractivity (Wildman–Crippen MR) is 110 cm³/mol. The van der Waals surface area contributed by atoms with E-state index < -0.39 is 6.09 Å². The van der Waals surface area contributed by atoms with Crippen molar-refractivity contribution in [2.24, 2.45) is 5.10 Å². The van der Waals surface area contributed by atoms with Gasteiger partial charge in [-0.15, -0.1) is 0 Å². The standard InChI is InChI=1S/C22H28N2O4/c1-4-17(2)19-11-6-8-13-21(19)28-15-9-14-27-20-12-7-5-10-18(20)16-23-24-22(25)26-3/h5-8,10-13,16-17H,4,9,14-15H2,1-3H3,(H,24,25)/b23-16-/t17-/m1/s1. The number of nitrogens with zero attached hydrogens (tertiary/aromatic N) is 1. The first-order valence-corrected chi connectivity index (χ1v) is 9.46. The van der Waals surface area contributed by atoms with Gasteiger partial charge in [-0.3, -0.25) is 0 Å². The van der Waals surface area contributed by atoms with Crippen LogP contribution in [0.1, 0.15) is 43.7 Å². The van der Waals surface area contributed by atoms with Gasteiger partial charge in [0, 0.05) is 12.0 Å². The molecule has 0 saturated heterocycles. The van der Waals surface area contributed by atoms with E-state index in [0.717, 1.165) is 24.2 Å². The molecule has 0 aliphatic heterocycles. The van der Waals surface area contributed by atoms with E-state index >= 15 is 0 Å². The Bertz CT molecular complexity index is 777. The van der Waals surface area contributed by atoms with Gasteiger partial charge in [0.25, 0.3) is 0 Å². The van der Waals surface area contributed by atoms with Crippen LogP contribution < -0.4 is 14.9 Å². The van der Waals surface area contributed by atoms with Gasteiger partial charge >= 0.3 is 6.09 Å². The maximum Gasteiger partial charge on any atom is 0.427 e. The lowest BCUT2D eigenvalue weighted by Gasteiger charge is -2.16. The molecule has 0 aliphatic carbocycles. The molecule has 6 nitrogen and oxygen atoms in total. The van der Waals surface area contributed by atoms with Crippen molar-refractivity contribution in [3.8, 4) is 11.5 Å². The highest BCUT2D eigenvalue weighted by atomic mass is 16.5. The van der Waals surface area contributed by atoms with Crippen molar-refractivity contribution < 1.29 is 19.0 Å². The molecule has 0 heterocycles. The molecule has 0 saturated carbocycles. The van der Waals surface area contributed by atoms with Gasteiger partial charge in [-0.05, 0) is 36.1 Å². The summed E-state index contributed by atoms with van der Waals surface area (Å²) in [5.74, 6) is 2.11. The lowest BCUT2D eigenvalue weighted by atomic mass is 9.98. The van der Waals surface area contributed by atoms with E-state index in [1.165, 1.54) is 18.9 Å². The normalized spacial score (nSPS) is 11.8. The molecule has 0 aliphatic rings. The largest absolute Gasteiger partial charge is 0.493 e. The van der Waals surface area contributed by atoms with E-state index in [9.17, 15) is 4.79 Å². The Morgan fingerprint density at radius 3 is 2.43 bits per heavy atom. The van der Waals surface area contributed by atoms with Crippen LogP contribution in [0, 0.1) is 0 Å². The van der Waals surface area contributed by atoms with Crippen molar-refractivity contribution in [3.05, 3.63) is 59.7 Å². The quantitative estimate of drug-likeness (QED) is 0.365. The molecule has 0 bridgehead atoms. The monoisotopic (exact) mass is 384 g/mol. The van der Waals surface area contributed by atoms with Crippen LogP contribution in [0.4, 0.5) is 4.79 Å². The van der Waals surface area contributed by atoms with E-state index in [2.05, 4.69) is 35.2 Å². The SMILES string of the molecule is CC[C@@H](C)c1ccccc1OCCCOc1ccccc1/C=N\NC(=O)OC. The van der Waals surface area contributed by atoms with Crippen molar-refractivity contribution in [2.75, 3.05) is 20.3 Å². The van der Waals surface area contributed by atoms with Gasteiger partial charge in [0.15, 0.2) is 0 Å². The number of rotatable bonds is 10. The molecule has 2 rings (SSSR count). The molecule has 1 atom stereocenters. The topological polar surface area (TPSA) is 69.2 Å². The molecule has 0 radical (unpaired) electrons. The summed E-state index contributed by atoms with van der Waals surface area (Å²) in [7, 11) is 1.28. The summed E-state index contributed by atoms with van der Waals surface area (Å²) in [6.07, 6.45) is 2.72. The van der Waals surface area contributed by atoms with Gasteiger partial charge in [0.2, 0.25) is 0 Å². The predicted octanol–water partition coefficient (Wildman–Crippen LogP) is 4.74. The Hall–Kier alpha value is -3.02. The Morgan fingerprint density at radius 1 is 1.07 bits per heavy atom. The number of carbonyl (C=O) groups is 1. The van der Waals surface area contributed by atoms with Crippen LogP contribution in [-0.2, 0) is 4.74 Å². The van der Waals surface area contributed by atoms with E-state index in [1.807, 2.05) is 42.5 Å². The second-order valence-electron chi connectivity index (χ2n) is 6.30. The summed E-state index contributed by atoms with van der Waals surface area (Å²) < 4.78 is 16.3. The fourth-order valence-electron chi connectivity index (χ4n) is 2.58. The molecule has 2 aromatic rings. The zero-order valence-electron chi connectivity index (χ0n) is 16.7. The molecule has 150 valence electrons. The van der Waals surface area contributed by atoms with Crippen LogP contribution in [0.3, 0.4) is 0 Å². The first-order valence-electron chi connectivity index (χ1n) is 9.46. The van der Waals surface area contributed by atoms with Crippen molar-refractivity contribution >= 4 is 12.3 Å². The molecule has 0 unspecified atom stereocenters. The number of amides is 1. The Morgan fingerprint density at radius 2 is 1.71 bits per heavy atom. The fraction of sp³-hybridized carbons (Fsp3) is 0.364. The van der Waals surface area contributed by atoms with Gasteiger partial charge < -0.3 is 14.2 Å². The first kappa shape index (κ1) is 21.3. The number of benzene rings is 2. The highest BCUT2D eigenvalue weighted by Crippen LogP contribution is 2.28. The first-order chi connectivity index (χ1) is 13.7. The number of hydrogen-bond donors (Lipinski definition) is 1. The summed E-state index contributed by atoms with van der Waals surface area (Å²) in [5, 5.41) is 3.84. The van der Waals surface area contributed by atoms with E-state index in [-0.39, 0.29) is 0 Å². The van der Waals surface area contributed by atoms with Crippen LogP contribution in [0.25, 0.3) is 0 Å². The molecule has 28 heavy (non-hydrogen) atoms. The lowest BCUT2D eigenvalue weighted by molar-refractivity contribution is 0.171. The van der Waals surface area contributed by atoms with E-state index in [0.29, 0.717) is 24.9 Å². The van der Waals surface area contributed by atoms with Gasteiger partial charge in [-0.1, -0.05) is 44.2 Å². The minimum atomic E-state index is -0.621. The van der Waals surface area contributed by atoms with E-state index in [1.54, 1.807) is 0 Å². The average molecular weight is 384 g/mol. The fourth-order valence-corrected chi connectivity index (χ4v) is 2.58. The molecule has 0 spiro atoms. The summed E-state index contributed by atoms with van der Waals surface area (Å²) in [6, 6.07) is 15.7. The maximum absolute atomic E-state index is 11.0. The average Bonchev–Trinajstić information content (AvgIpc) is 2.74. The van der Waals surface area contributed by atoms with Crippen molar-refractivity contribution in [1.82, 2.24) is 5.43 Å². The summed E-state index contributed by atoms with van der Waals surface area (Å²) in [6.45, 7) is 5.48. The number of methoxy groups -OCH3 is 1. The molecular weight excluding hydrogens is 356 g/mol. The summed E-state index contributed by atoms with van der Waals surface area (Å²) in [4.78, 5) is 11.0. The molecule has 1 N–H and O–H groups in total. The van der Waals surface area contributed by atoms with Crippen LogP contribution >= 0.6 is 0 Å². The lowest BCUT2D eigenvalue weighted by Crippen LogP contribution is -2.16. The Kier molecular flexibility index (Phi) is 8.85. The second kappa shape index (κ2) is 11.6. The van der Waals surface area contributed by atoms with Gasteiger partial charge in [0.05, 0.1) is 26.5 Å². The van der Waals surface area contributed by atoms with Gasteiger partial charge in [-0.2, -0.15) is 5.10 Å². The van der Waals surface area contributed by atoms with Crippen molar-refractivity contribution in [1.29, 1.82) is 0 Å². The summed E-state index contributed by atoms with van der Waals surface area (Å²) in [5.41, 5.74) is 4.26. The number of ether oxygens (including phenoxy) is 3. The zero-order chi connectivity index (χ0) is 20.2. The number of nitrogens with one attached hydrogen (secondary N) is 1. The van der Waals surface area contributed by atoms with Gasteiger partial charge in [-0.25, -0.2) is 10.2 Å². The van der Waals surface area contributed by atoms with Crippen LogP contribution in [-0.4, -0.2) is 32.6 Å². The maximum atomic E-state index is 11.0. The third-order valence-corrected chi connectivity index (χ3v) is 4.33. The Labute approximate surface area is 166 Å². The minimum absolute atomic E-state index is 0.470.